The predicted molar refractivity (Wildman–Crippen MR) is 87.0 cm³/mol. The van der Waals surface area contributed by atoms with Crippen molar-refractivity contribution in [2.45, 2.75) is 18.1 Å². The zero-order valence-corrected chi connectivity index (χ0v) is 13.0. The Morgan fingerprint density at radius 2 is 1.68 bits per heavy atom. The van der Waals surface area contributed by atoms with Gasteiger partial charge in [0.2, 0.25) is 0 Å². The van der Waals surface area contributed by atoms with Gasteiger partial charge in [-0.15, -0.1) is 0 Å². The van der Waals surface area contributed by atoms with Gasteiger partial charge in [-0.1, -0.05) is 30.3 Å². The molecule has 2 aromatic rings. The Morgan fingerprint density at radius 1 is 1.09 bits per heavy atom. The first-order chi connectivity index (χ1) is 10.6. The Morgan fingerprint density at radius 3 is 2.27 bits per heavy atom. The zero-order chi connectivity index (χ0) is 15.9. The van der Waals surface area contributed by atoms with Gasteiger partial charge in [0.1, 0.15) is 0 Å². The summed E-state index contributed by atoms with van der Waals surface area (Å²) in [5, 5.41) is 20.0. The lowest BCUT2D eigenvalue weighted by atomic mass is 10.2. The van der Waals surface area contributed by atoms with E-state index in [2.05, 4.69) is 0 Å². The van der Waals surface area contributed by atoms with Crippen LogP contribution < -0.4 is 4.74 Å². The van der Waals surface area contributed by atoms with E-state index in [1.807, 2.05) is 30.3 Å². The minimum absolute atomic E-state index is 0.00658. The van der Waals surface area contributed by atoms with Crippen LogP contribution in [0.25, 0.3) is 0 Å². The van der Waals surface area contributed by atoms with Crippen molar-refractivity contribution in [3.8, 4) is 5.75 Å². The van der Waals surface area contributed by atoms with Crippen LogP contribution in [0.4, 0.5) is 5.69 Å². The fraction of sp³-hybridized carbons (Fsp3) is 0.250. The highest BCUT2D eigenvalue weighted by Crippen LogP contribution is 2.29. The second-order valence-corrected chi connectivity index (χ2v) is 5.72. The topological polar surface area (TPSA) is 72.6 Å². The second kappa shape index (κ2) is 7.82. The smallest absolute Gasteiger partial charge is 0.311 e. The third-order valence-electron chi connectivity index (χ3n) is 3.18. The lowest BCUT2D eigenvalue weighted by Gasteiger charge is -2.06. The van der Waals surface area contributed by atoms with Crippen molar-refractivity contribution < 1.29 is 14.8 Å². The highest BCUT2D eigenvalue weighted by atomic mass is 32.2. The molecule has 2 rings (SSSR count). The van der Waals surface area contributed by atoms with E-state index >= 15 is 0 Å². The van der Waals surface area contributed by atoms with Crippen molar-refractivity contribution in [3.05, 3.63) is 69.3 Å². The van der Waals surface area contributed by atoms with Crippen molar-refractivity contribution >= 4 is 17.4 Å². The summed E-state index contributed by atoms with van der Waals surface area (Å²) < 4.78 is 4.99. The molecule has 0 saturated carbocycles. The Balaban J connectivity index is 1.96. The summed E-state index contributed by atoms with van der Waals surface area (Å²) >= 11 is 1.68. The molecule has 0 aliphatic rings. The number of hydrogen-bond acceptors (Lipinski definition) is 5. The van der Waals surface area contributed by atoms with E-state index in [-0.39, 0.29) is 18.0 Å². The van der Waals surface area contributed by atoms with E-state index in [9.17, 15) is 10.1 Å². The number of thioether (sulfide) groups is 1. The van der Waals surface area contributed by atoms with Gasteiger partial charge in [-0.2, -0.15) is 11.8 Å². The van der Waals surface area contributed by atoms with Gasteiger partial charge in [-0.05, 0) is 22.8 Å². The molecular weight excluding hydrogens is 302 g/mol. The van der Waals surface area contributed by atoms with Gasteiger partial charge in [0.15, 0.2) is 5.75 Å². The maximum absolute atomic E-state index is 11.0. The van der Waals surface area contributed by atoms with Crippen LogP contribution >= 0.6 is 11.8 Å². The van der Waals surface area contributed by atoms with Gasteiger partial charge in [0.25, 0.3) is 0 Å². The van der Waals surface area contributed by atoms with Crippen LogP contribution in [-0.4, -0.2) is 17.1 Å². The number of hydrogen-bond donors (Lipinski definition) is 1. The number of nitro groups is 1. The quantitative estimate of drug-likeness (QED) is 0.624. The van der Waals surface area contributed by atoms with Crippen LogP contribution in [0.15, 0.2) is 42.5 Å². The van der Waals surface area contributed by atoms with E-state index < -0.39 is 4.92 Å². The molecule has 0 heterocycles. The molecule has 0 aliphatic carbocycles. The maximum atomic E-state index is 11.0. The Hall–Kier alpha value is -2.05. The molecule has 0 radical (unpaired) electrons. The van der Waals surface area contributed by atoms with Gasteiger partial charge >= 0.3 is 5.69 Å². The standard InChI is InChI=1S/C16H17NO4S/c1-21-16-7-6-14(8-15(16)17(19)20)11-22-10-13-4-2-12(9-18)3-5-13/h2-8,18H,9-11H2,1H3. The number of rotatable bonds is 7. The average Bonchev–Trinajstić information content (AvgIpc) is 2.55. The number of methoxy groups -OCH3 is 1. The molecule has 0 fully saturated rings. The normalized spacial score (nSPS) is 10.5. The maximum Gasteiger partial charge on any atom is 0.311 e. The number of benzene rings is 2. The molecule has 1 N–H and O–H groups in total. The number of nitrogens with zero attached hydrogens (tertiary/aromatic N) is 1. The third-order valence-corrected chi connectivity index (χ3v) is 4.26. The van der Waals surface area contributed by atoms with Crippen LogP contribution in [0, 0.1) is 10.1 Å². The number of nitro benzene ring substituents is 1. The van der Waals surface area contributed by atoms with E-state index in [1.54, 1.807) is 23.9 Å². The summed E-state index contributed by atoms with van der Waals surface area (Å²) in [6.07, 6.45) is 0. The minimum atomic E-state index is -0.430. The van der Waals surface area contributed by atoms with Crippen LogP contribution in [0.1, 0.15) is 16.7 Å². The molecule has 0 unspecified atom stereocenters. The van der Waals surface area contributed by atoms with Crippen molar-refractivity contribution in [2.75, 3.05) is 7.11 Å². The molecule has 6 heteroatoms. The first-order valence-electron chi connectivity index (χ1n) is 6.71. The van der Waals surface area contributed by atoms with Crippen LogP contribution in [0.5, 0.6) is 5.75 Å². The van der Waals surface area contributed by atoms with E-state index in [1.165, 1.54) is 7.11 Å². The highest BCUT2D eigenvalue weighted by molar-refractivity contribution is 7.97. The highest BCUT2D eigenvalue weighted by Gasteiger charge is 2.14. The molecule has 0 saturated heterocycles. The number of ether oxygens (including phenoxy) is 1. The minimum Gasteiger partial charge on any atom is -0.490 e. The van der Waals surface area contributed by atoms with Gasteiger partial charge in [-0.3, -0.25) is 10.1 Å². The molecular formula is C16H17NO4S. The van der Waals surface area contributed by atoms with Crippen molar-refractivity contribution in [1.82, 2.24) is 0 Å². The Labute approximate surface area is 133 Å². The summed E-state index contributed by atoms with van der Waals surface area (Å²) in [7, 11) is 1.42. The lowest BCUT2D eigenvalue weighted by Crippen LogP contribution is -1.95. The summed E-state index contributed by atoms with van der Waals surface area (Å²) in [5.41, 5.74) is 2.93. The summed E-state index contributed by atoms with van der Waals surface area (Å²) in [6.45, 7) is 0.0446. The monoisotopic (exact) mass is 319 g/mol. The number of aliphatic hydroxyl groups is 1. The van der Waals surface area contributed by atoms with Gasteiger partial charge in [0, 0.05) is 17.6 Å². The second-order valence-electron chi connectivity index (χ2n) is 4.73. The number of aliphatic hydroxyl groups excluding tert-OH is 1. The van der Waals surface area contributed by atoms with Crippen molar-refractivity contribution in [2.24, 2.45) is 0 Å². The molecule has 0 atom stereocenters. The molecule has 0 bridgehead atoms. The Bertz CT molecular complexity index is 643. The molecule has 0 aromatic heterocycles. The predicted octanol–water partition coefficient (Wildman–Crippen LogP) is 3.53. The lowest BCUT2D eigenvalue weighted by molar-refractivity contribution is -0.385. The molecule has 5 nitrogen and oxygen atoms in total. The zero-order valence-electron chi connectivity index (χ0n) is 12.2. The van der Waals surface area contributed by atoms with E-state index in [4.69, 9.17) is 9.84 Å². The molecule has 116 valence electrons. The molecule has 0 aliphatic heterocycles. The molecule has 22 heavy (non-hydrogen) atoms. The van der Waals surface area contributed by atoms with Crippen molar-refractivity contribution in [3.63, 3.8) is 0 Å². The first-order valence-corrected chi connectivity index (χ1v) is 7.87. The van der Waals surface area contributed by atoms with E-state index in [0.717, 1.165) is 22.4 Å². The average molecular weight is 319 g/mol. The van der Waals surface area contributed by atoms with Gasteiger partial charge < -0.3 is 9.84 Å². The summed E-state index contributed by atoms with van der Waals surface area (Å²) in [5.74, 6) is 1.77. The van der Waals surface area contributed by atoms with Crippen molar-refractivity contribution in [1.29, 1.82) is 0 Å². The fourth-order valence-electron chi connectivity index (χ4n) is 2.00. The SMILES string of the molecule is COc1ccc(CSCc2ccc(CO)cc2)cc1[N+](=O)[O-]. The van der Waals surface area contributed by atoms with E-state index in [0.29, 0.717) is 5.75 Å². The van der Waals surface area contributed by atoms with Crippen LogP contribution in [0.3, 0.4) is 0 Å². The third kappa shape index (κ3) is 4.22. The van der Waals surface area contributed by atoms with Gasteiger partial charge in [0.05, 0.1) is 18.6 Å². The summed E-state index contributed by atoms with van der Waals surface area (Å²) in [4.78, 5) is 10.6. The summed E-state index contributed by atoms with van der Waals surface area (Å²) in [6, 6.07) is 12.8. The van der Waals surface area contributed by atoms with Crippen LogP contribution in [-0.2, 0) is 18.1 Å². The molecule has 0 spiro atoms. The van der Waals surface area contributed by atoms with Gasteiger partial charge in [-0.25, -0.2) is 0 Å². The fourth-order valence-corrected chi connectivity index (χ4v) is 2.94. The molecule has 2 aromatic carbocycles. The largest absolute Gasteiger partial charge is 0.490 e. The Kier molecular flexibility index (Phi) is 5.80. The first kappa shape index (κ1) is 16.3. The van der Waals surface area contributed by atoms with Crippen LogP contribution in [0.2, 0.25) is 0 Å². The molecule has 0 amide bonds.